The van der Waals surface area contributed by atoms with Gasteiger partial charge in [0.1, 0.15) is 11.5 Å². The van der Waals surface area contributed by atoms with Gasteiger partial charge in [0.05, 0.1) is 0 Å². The van der Waals surface area contributed by atoms with E-state index in [4.69, 9.17) is 5.11 Å². The molecule has 0 amide bonds. The predicted octanol–water partition coefficient (Wildman–Crippen LogP) is 2.59. The van der Waals surface area contributed by atoms with E-state index in [-0.39, 0.29) is 11.5 Å². The smallest absolute Gasteiger partial charge is 0.354 e. The highest BCUT2D eigenvalue weighted by molar-refractivity contribution is 5.87. The van der Waals surface area contributed by atoms with Gasteiger partial charge in [-0.2, -0.15) is 0 Å². The van der Waals surface area contributed by atoms with E-state index in [0.717, 1.165) is 0 Å². The molecule has 80 valence electrons. The van der Waals surface area contributed by atoms with Gasteiger partial charge in [0, 0.05) is 6.20 Å². The summed E-state index contributed by atoms with van der Waals surface area (Å²) in [6, 6.07) is 9.03. The number of rotatable bonds is 2. The van der Waals surface area contributed by atoms with Crippen molar-refractivity contribution in [1.29, 1.82) is 0 Å². The molecule has 0 spiro atoms. The molecule has 0 saturated carbocycles. The van der Waals surface area contributed by atoms with E-state index < -0.39 is 5.97 Å². The Hall–Kier alpha value is -2.23. The minimum absolute atomic E-state index is 0.0539. The van der Waals surface area contributed by atoms with Crippen molar-refractivity contribution in [1.82, 2.24) is 4.98 Å². The summed E-state index contributed by atoms with van der Waals surface area (Å²) in [5.41, 5.74) is 1.21. The van der Waals surface area contributed by atoms with Crippen LogP contribution in [-0.4, -0.2) is 16.1 Å². The number of carboxylic acid groups (broad SMARTS) is 1. The number of aromatic nitrogens is 1. The van der Waals surface area contributed by atoms with Crippen LogP contribution in [-0.2, 0) is 0 Å². The number of hydrogen-bond acceptors (Lipinski definition) is 2. The Morgan fingerprint density at radius 2 is 1.94 bits per heavy atom. The highest BCUT2D eigenvalue weighted by Gasteiger charge is 2.06. The average molecular weight is 217 g/mol. The first-order valence-corrected chi connectivity index (χ1v) is 4.62. The lowest BCUT2D eigenvalue weighted by Gasteiger charge is -2.02. The van der Waals surface area contributed by atoms with Crippen molar-refractivity contribution in [2.24, 2.45) is 0 Å². The molecule has 0 aliphatic rings. The molecule has 16 heavy (non-hydrogen) atoms. The molecule has 4 heteroatoms. The van der Waals surface area contributed by atoms with Crippen molar-refractivity contribution in [3.05, 3.63) is 54.1 Å². The second kappa shape index (κ2) is 4.10. The van der Waals surface area contributed by atoms with Gasteiger partial charge in [-0.25, -0.2) is 14.2 Å². The third kappa shape index (κ3) is 2.06. The summed E-state index contributed by atoms with van der Waals surface area (Å²) < 4.78 is 13.0. The summed E-state index contributed by atoms with van der Waals surface area (Å²) in [6.07, 6.45) is 1.39. The van der Waals surface area contributed by atoms with Gasteiger partial charge in [0.25, 0.3) is 0 Å². The fourth-order valence-electron chi connectivity index (χ4n) is 1.40. The fraction of sp³-hybridized carbons (Fsp3) is 0. The van der Waals surface area contributed by atoms with Crippen LogP contribution in [0, 0.1) is 5.82 Å². The molecule has 0 bridgehead atoms. The van der Waals surface area contributed by atoms with Crippen LogP contribution < -0.4 is 0 Å². The highest BCUT2D eigenvalue weighted by atomic mass is 19.1. The van der Waals surface area contributed by atoms with Crippen LogP contribution in [0.25, 0.3) is 11.1 Å². The molecule has 1 N–H and O–H groups in total. The number of benzene rings is 1. The molecule has 0 atom stereocenters. The zero-order valence-corrected chi connectivity index (χ0v) is 8.22. The van der Waals surface area contributed by atoms with Crippen LogP contribution in [0.1, 0.15) is 10.5 Å². The first-order chi connectivity index (χ1) is 7.66. The van der Waals surface area contributed by atoms with E-state index >= 15 is 0 Å². The molecule has 0 radical (unpaired) electrons. The highest BCUT2D eigenvalue weighted by Crippen LogP contribution is 2.20. The summed E-state index contributed by atoms with van der Waals surface area (Å²) in [6.45, 7) is 0. The summed E-state index contributed by atoms with van der Waals surface area (Å²) in [7, 11) is 0. The van der Waals surface area contributed by atoms with Crippen molar-refractivity contribution in [2.45, 2.75) is 0 Å². The summed E-state index contributed by atoms with van der Waals surface area (Å²) >= 11 is 0. The lowest BCUT2D eigenvalue weighted by Crippen LogP contribution is -1.99. The minimum Gasteiger partial charge on any atom is -0.477 e. The Morgan fingerprint density at radius 1 is 1.19 bits per heavy atom. The first-order valence-electron chi connectivity index (χ1n) is 4.62. The van der Waals surface area contributed by atoms with E-state index in [2.05, 4.69) is 4.98 Å². The quantitative estimate of drug-likeness (QED) is 0.841. The molecule has 1 aromatic carbocycles. The van der Waals surface area contributed by atoms with E-state index in [1.807, 2.05) is 0 Å². The van der Waals surface area contributed by atoms with E-state index in [1.54, 1.807) is 18.2 Å². The number of halogens is 1. The van der Waals surface area contributed by atoms with E-state index in [9.17, 15) is 9.18 Å². The number of pyridine rings is 1. The summed E-state index contributed by atoms with van der Waals surface area (Å²) in [5, 5.41) is 8.77. The standard InChI is InChI=1S/C12H8FNO2/c13-10-3-1-2-8(6-10)9-4-5-14-11(7-9)12(15)16/h1-7H,(H,15,16). The Kier molecular flexibility index (Phi) is 2.64. The number of nitrogens with zero attached hydrogens (tertiary/aromatic N) is 1. The normalized spacial score (nSPS) is 10.1. The number of aromatic carboxylic acids is 1. The monoisotopic (exact) mass is 217 g/mol. The topological polar surface area (TPSA) is 50.2 Å². The largest absolute Gasteiger partial charge is 0.477 e. The second-order valence-electron chi connectivity index (χ2n) is 3.25. The Bertz CT molecular complexity index is 540. The van der Waals surface area contributed by atoms with Crippen LogP contribution in [0.2, 0.25) is 0 Å². The van der Waals surface area contributed by atoms with Gasteiger partial charge < -0.3 is 5.11 Å². The molecule has 0 aliphatic heterocycles. The molecular formula is C12H8FNO2. The minimum atomic E-state index is -1.10. The van der Waals surface area contributed by atoms with Crippen LogP contribution >= 0.6 is 0 Å². The zero-order chi connectivity index (χ0) is 11.5. The summed E-state index contributed by atoms with van der Waals surface area (Å²) in [4.78, 5) is 14.4. The molecule has 1 aromatic heterocycles. The van der Waals surface area contributed by atoms with Gasteiger partial charge in [-0.1, -0.05) is 12.1 Å². The maximum absolute atomic E-state index is 13.0. The van der Waals surface area contributed by atoms with Crippen LogP contribution in [0.4, 0.5) is 4.39 Å². The van der Waals surface area contributed by atoms with Gasteiger partial charge in [-0.05, 0) is 35.4 Å². The van der Waals surface area contributed by atoms with Crippen molar-refractivity contribution < 1.29 is 14.3 Å². The molecule has 2 rings (SSSR count). The molecule has 2 aromatic rings. The Balaban J connectivity index is 2.48. The van der Waals surface area contributed by atoms with Gasteiger partial charge in [-0.3, -0.25) is 0 Å². The van der Waals surface area contributed by atoms with Crippen LogP contribution in [0.3, 0.4) is 0 Å². The zero-order valence-electron chi connectivity index (χ0n) is 8.22. The third-order valence-corrected chi connectivity index (χ3v) is 2.14. The SMILES string of the molecule is O=C(O)c1cc(-c2cccc(F)c2)ccn1. The predicted molar refractivity (Wildman–Crippen MR) is 56.6 cm³/mol. The molecule has 3 nitrogen and oxygen atoms in total. The summed E-state index contributed by atoms with van der Waals surface area (Å²) in [5.74, 6) is -1.45. The molecule has 0 fully saturated rings. The Morgan fingerprint density at radius 3 is 2.62 bits per heavy atom. The molecule has 0 saturated heterocycles. The Labute approximate surface area is 91.2 Å². The molecule has 1 heterocycles. The van der Waals surface area contributed by atoms with Crippen molar-refractivity contribution in [3.63, 3.8) is 0 Å². The molecular weight excluding hydrogens is 209 g/mol. The number of carboxylic acids is 1. The number of carbonyl (C=O) groups is 1. The molecule has 0 unspecified atom stereocenters. The lowest BCUT2D eigenvalue weighted by atomic mass is 10.1. The maximum atomic E-state index is 13.0. The van der Waals surface area contributed by atoms with E-state index in [1.165, 1.54) is 24.4 Å². The van der Waals surface area contributed by atoms with Crippen molar-refractivity contribution in [3.8, 4) is 11.1 Å². The van der Waals surface area contributed by atoms with Crippen LogP contribution in [0.15, 0.2) is 42.6 Å². The van der Waals surface area contributed by atoms with E-state index in [0.29, 0.717) is 11.1 Å². The van der Waals surface area contributed by atoms with Gasteiger partial charge >= 0.3 is 5.97 Å². The third-order valence-electron chi connectivity index (χ3n) is 2.14. The molecule has 0 aliphatic carbocycles. The van der Waals surface area contributed by atoms with Gasteiger partial charge in [0.15, 0.2) is 0 Å². The fourth-order valence-corrected chi connectivity index (χ4v) is 1.40. The lowest BCUT2D eigenvalue weighted by molar-refractivity contribution is 0.0690. The second-order valence-corrected chi connectivity index (χ2v) is 3.25. The average Bonchev–Trinajstić information content (AvgIpc) is 2.29. The number of hydrogen-bond donors (Lipinski definition) is 1. The van der Waals surface area contributed by atoms with Gasteiger partial charge in [0.2, 0.25) is 0 Å². The maximum Gasteiger partial charge on any atom is 0.354 e. The van der Waals surface area contributed by atoms with Crippen molar-refractivity contribution >= 4 is 5.97 Å². The van der Waals surface area contributed by atoms with Crippen molar-refractivity contribution in [2.75, 3.05) is 0 Å². The van der Waals surface area contributed by atoms with Gasteiger partial charge in [-0.15, -0.1) is 0 Å². The first kappa shape index (κ1) is 10.3. The van der Waals surface area contributed by atoms with Crippen LogP contribution in [0.5, 0.6) is 0 Å².